The second kappa shape index (κ2) is 14.6. The van der Waals surface area contributed by atoms with Crippen molar-refractivity contribution in [1.29, 1.82) is 0 Å². The fraction of sp³-hybridized carbons (Fsp3) is 0.111. The van der Waals surface area contributed by atoms with Crippen molar-refractivity contribution in [3.05, 3.63) is 170 Å². The number of halogens is 2. The molecule has 0 saturated carbocycles. The minimum Gasteiger partial charge on any atom is -0.342 e. The molecule has 7 heteroatoms. The summed E-state index contributed by atoms with van der Waals surface area (Å²) in [7, 11) is 0. The Labute approximate surface area is 275 Å². The molecular formula is C36H30Br2N4Pd. The van der Waals surface area contributed by atoms with Gasteiger partial charge in [0.05, 0.1) is 0 Å². The molecule has 0 spiro atoms. The van der Waals surface area contributed by atoms with E-state index in [0.717, 1.165) is 26.2 Å². The first-order valence-electron chi connectivity index (χ1n) is 14.0. The third-order valence-corrected chi connectivity index (χ3v) is 7.61. The summed E-state index contributed by atoms with van der Waals surface area (Å²) in [6.45, 7) is 10.2. The zero-order valence-corrected chi connectivity index (χ0v) is 28.1. The standard InChI is InChI=1S/C36H30N4.2BrH.Pd/c1-2-12-32(24-38-20-22-40(28-38)26-34-16-8-14-30-10-4-6-18-36(30)34)31(11-1)23-37-19-21-39(27-37)25-33-15-7-13-29-9-3-5-17-35(29)33;;;/h1-22H,23-26H2;2*1H;/q;;;+2/p-2. The number of hydrogen-bond acceptors (Lipinski definition) is 4. The first-order valence-corrected chi connectivity index (χ1v) is 21.1. The van der Waals surface area contributed by atoms with Crippen LogP contribution in [-0.4, -0.2) is 19.6 Å². The van der Waals surface area contributed by atoms with Crippen LogP contribution in [0.1, 0.15) is 22.3 Å². The van der Waals surface area contributed by atoms with Crippen LogP contribution in [0, 0.1) is 13.3 Å². The van der Waals surface area contributed by atoms with Crippen molar-refractivity contribution in [2.45, 2.75) is 26.2 Å². The third kappa shape index (κ3) is 7.53. The van der Waals surface area contributed by atoms with Crippen molar-refractivity contribution in [2.24, 2.45) is 0 Å². The Morgan fingerprint density at radius 1 is 0.419 bits per heavy atom. The van der Waals surface area contributed by atoms with Crippen LogP contribution in [0.25, 0.3) is 21.5 Å². The van der Waals surface area contributed by atoms with Gasteiger partial charge in [-0.2, -0.15) is 0 Å². The van der Waals surface area contributed by atoms with E-state index in [-0.39, 0.29) is 0 Å². The van der Waals surface area contributed by atoms with Crippen LogP contribution in [0.2, 0.25) is 0 Å². The Morgan fingerprint density at radius 2 is 0.721 bits per heavy atom. The van der Waals surface area contributed by atoms with Gasteiger partial charge >= 0.3 is 40.8 Å². The molecule has 2 aliphatic heterocycles. The SMILES string of the molecule is [Br][Pd][Br].[C]1N(Cc2ccccc2CN2[C]N(Cc3cccc4ccccc34)C=C2)C=CN1Cc1cccc2ccccc12. The van der Waals surface area contributed by atoms with Crippen molar-refractivity contribution in [3.8, 4) is 0 Å². The van der Waals surface area contributed by atoms with Gasteiger partial charge in [0, 0.05) is 51.0 Å². The fourth-order valence-corrected chi connectivity index (χ4v) is 5.60. The molecule has 5 aromatic rings. The van der Waals surface area contributed by atoms with E-state index in [0.29, 0.717) is 13.9 Å². The Hall–Kier alpha value is -3.08. The largest absolute Gasteiger partial charge is 0.342 e. The second-order valence-corrected chi connectivity index (χ2v) is 17.6. The molecule has 0 unspecified atom stereocenters. The first-order chi connectivity index (χ1) is 21.2. The van der Waals surface area contributed by atoms with Gasteiger partial charge in [-0.1, -0.05) is 109 Å². The van der Waals surface area contributed by atoms with Gasteiger partial charge in [0.25, 0.3) is 0 Å². The van der Waals surface area contributed by atoms with Gasteiger partial charge in [-0.15, -0.1) is 0 Å². The molecule has 4 nitrogen and oxygen atoms in total. The van der Waals surface area contributed by atoms with Crippen molar-refractivity contribution < 1.29 is 13.9 Å². The van der Waals surface area contributed by atoms with E-state index < -0.39 is 0 Å². The Balaban J connectivity index is 0.00000105. The zero-order chi connectivity index (χ0) is 29.4. The quantitative estimate of drug-likeness (QED) is 0.146. The molecule has 0 amide bonds. The molecular weight excluding hydrogens is 755 g/mol. The summed E-state index contributed by atoms with van der Waals surface area (Å²) in [6.07, 6.45) is 8.45. The number of hydrogen-bond donors (Lipinski definition) is 0. The summed E-state index contributed by atoms with van der Waals surface area (Å²) in [4.78, 5) is 8.56. The third-order valence-electron chi connectivity index (χ3n) is 7.61. The van der Waals surface area contributed by atoms with Gasteiger partial charge in [-0.05, 0) is 43.8 Å². The summed E-state index contributed by atoms with van der Waals surface area (Å²) >= 11 is 6.80. The zero-order valence-electron chi connectivity index (χ0n) is 23.4. The molecule has 0 aliphatic carbocycles. The average molecular weight is 785 g/mol. The summed E-state index contributed by atoms with van der Waals surface area (Å²) in [5.41, 5.74) is 5.18. The molecule has 0 bridgehead atoms. The van der Waals surface area contributed by atoms with E-state index in [2.05, 4.69) is 194 Å². The molecule has 4 radical (unpaired) electrons. The molecule has 0 aromatic heterocycles. The molecule has 0 N–H and O–H groups in total. The maximum atomic E-state index is 3.53. The number of benzene rings is 5. The van der Waals surface area contributed by atoms with E-state index in [4.69, 9.17) is 0 Å². The molecule has 2 heterocycles. The summed E-state index contributed by atoms with van der Waals surface area (Å²) in [5.74, 6) is 0. The van der Waals surface area contributed by atoms with Gasteiger partial charge in [0.1, 0.15) is 0 Å². The van der Waals surface area contributed by atoms with Gasteiger partial charge in [-0.25, -0.2) is 0 Å². The average Bonchev–Trinajstić information content (AvgIpc) is 3.68. The van der Waals surface area contributed by atoms with E-state index in [1.165, 1.54) is 43.8 Å². The normalized spacial score (nSPS) is 14.3. The van der Waals surface area contributed by atoms with Crippen LogP contribution in [0.15, 0.2) is 134 Å². The monoisotopic (exact) mass is 782 g/mol. The van der Waals surface area contributed by atoms with Gasteiger partial charge in [0.15, 0.2) is 0 Å². The van der Waals surface area contributed by atoms with E-state index in [1.54, 1.807) is 0 Å². The van der Waals surface area contributed by atoms with Crippen LogP contribution in [0.3, 0.4) is 0 Å². The first kappa shape index (κ1) is 30.0. The molecule has 5 aromatic carbocycles. The van der Waals surface area contributed by atoms with E-state index >= 15 is 0 Å². The van der Waals surface area contributed by atoms with E-state index in [1.807, 2.05) is 0 Å². The maximum absolute atomic E-state index is 3.53. The number of nitrogens with zero attached hydrogens (tertiary/aromatic N) is 4. The Kier molecular flexibility index (Phi) is 10.2. The van der Waals surface area contributed by atoms with Crippen LogP contribution in [0.4, 0.5) is 0 Å². The Bertz CT molecular complexity index is 1600. The Morgan fingerprint density at radius 3 is 1.14 bits per heavy atom. The van der Waals surface area contributed by atoms with Gasteiger partial charge in [-0.3, -0.25) is 0 Å². The smallest absolute Gasteiger partial charge is 0.208 e. The number of rotatable bonds is 8. The molecule has 43 heavy (non-hydrogen) atoms. The van der Waals surface area contributed by atoms with E-state index in [9.17, 15) is 0 Å². The molecule has 7 rings (SSSR count). The van der Waals surface area contributed by atoms with Crippen LogP contribution >= 0.6 is 26.9 Å². The molecule has 218 valence electrons. The minimum atomic E-state index is 0.575. The molecule has 2 aliphatic rings. The van der Waals surface area contributed by atoms with Gasteiger partial charge in [0.2, 0.25) is 13.3 Å². The predicted molar refractivity (Wildman–Crippen MR) is 179 cm³/mol. The second-order valence-electron chi connectivity index (χ2n) is 10.4. The predicted octanol–water partition coefficient (Wildman–Crippen LogP) is 9.25. The maximum Gasteiger partial charge on any atom is 0.208 e. The van der Waals surface area contributed by atoms with Crippen molar-refractivity contribution >= 4 is 48.4 Å². The summed E-state index contributed by atoms with van der Waals surface area (Å²) in [5, 5.41) is 5.14. The summed E-state index contributed by atoms with van der Waals surface area (Å²) < 4.78 is 0. The molecule has 0 saturated heterocycles. The fourth-order valence-electron chi connectivity index (χ4n) is 5.60. The van der Waals surface area contributed by atoms with Gasteiger partial charge < -0.3 is 19.6 Å². The van der Waals surface area contributed by atoms with Crippen LogP contribution < -0.4 is 0 Å². The minimum absolute atomic E-state index is 0.575. The van der Waals surface area contributed by atoms with Crippen LogP contribution in [-0.2, 0) is 40.1 Å². The van der Waals surface area contributed by atoms with Crippen molar-refractivity contribution in [1.82, 2.24) is 19.6 Å². The molecule has 0 fully saturated rings. The van der Waals surface area contributed by atoms with Crippen molar-refractivity contribution in [2.75, 3.05) is 0 Å². The summed E-state index contributed by atoms with van der Waals surface area (Å²) in [6, 6.07) is 38.8. The molecule has 0 atom stereocenters. The van der Waals surface area contributed by atoms with Crippen LogP contribution in [0.5, 0.6) is 0 Å². The topological polar surface area (TPSA) is 13.0 Å². The number of fused-ring (bicyclic) bond motifs is 2. The van der Waals surface area contributed by atoms with Crippen molar-refractivity contribution in [3.63, 3.8) is 0 Å².